The summed E-state index contributed by atoms with van der Waals surface area (Å²) in [5.41, 5.74) is 3.09. The van der Waals surface area contributed by atoms with Gasteiger partial charge in [-0.3, -0.25) is 4.79 Å². The second-order valence-corrected chi connectivity index (χ2v) is 9.08. The van der Waals surface area contributed by atoms with E-state index in [1.165, 1.54) is 18.2 Å². The van der Waals surface area contributed by atoms with Crippen molar-refractivity contribution in [1.82, 2.24) is 10.3 Å². The molecule has 0 bridgehead atoms. The number of para-hydroxylation sites is 1. The highest BCUT2D eigenvalue weighted by atomic mass is 16.5. The lowest BCUT2D eigenvalue weighted by molar-refractivity contribution is -0.139. The van der Waals surface area contributed by atoms with Gasteiger partial charge in [-0.05, 0) is 55.8 Å². The van der Waals surface area contributed by atoms with E-state index in [9.17, 15) is 19.8 Å². The zero-order valence-electron chi connectivity index (χ0n) is 21.8. The van der Waals surface area contributed by atoms with Gasteiger partial charge in [0.2, 0.25) is 5.89 Å². The van der Waals surface area contributed by atoms with Crippen molar-refractivity contribution in [3.05, 3.63) is 113 Å². The van der Waals surface area contributed by atoms with Gasteiger partial charge in [-0.2, -0.15) is 0 Å². The molecule has 0 radical (unpaired) electrons. The standard InChI is InChI=1S/C31H30N2O6/c1-20(18-29(35)25-10-6-7-11-28(25)34)32-27(31(36)37)19-22-12-14-24(15-13-22)38-17-16-26-21(2)39-30(33-26)23-8-4-3-5-9-23/h3-15,18,27,32,34H,16-17,19H2,1-2H3,(H,36,37)/b20-18-. The predicted molar refractivity (Wildman–Crippen MR) is 147 cm³/mol. The Labute approximate surface area is 226 Å². The number of carbonyl (C=O) groups is 2. The molecular weight excluding hydrogens is 496 g/mol. The quantitative estimate of drug-likeness (QED) is 0.167. The van der Waals surface area contributed by atoms with Crippen molar-refractivity contribution in [3.63, 3.8) is 0 Å². The van der Waals surface area contributed by atoms with Crippen molar-refractivity contribution in [2.45, 2.75) is 32.7 Å². The zero-order valence-corrected chi connectivity index (χ0v) is 21.8. The fraction of sp³-hybridized carbons (Fsp3) is 0.194. The molecule has 8 nitrogen and oxygen atoms in total. The summed E-state index contributed by atoms with van der Waals surface area (Å²) in [5.74, 6) is 0.411. The molecule has 0 fully saturated rings. The molecule has 0 aliphatic carbocycles. The van der Waals surface area contributed by atoms with Crippen LogP contribution in [0.3, 0.4) is 0 Å². The third kappa shape index (κ3) is 7.35. The first kappa shape index (κ1) is 27.2. The molecule has 0 aliphatic rings. The highest BCUT2D eigenvalue weighted by molar-refractivity contribution is 6.06. The predicted octanol–water partition coefficient (Wildman–Crippen LogP) is 5.35. The normalized spacial score (nSPS) is 12.1. The van der Waals surface area contributed by atoms with Crippen LogP contribution in [0.4, 0.5) is 0 Å². The van der Waals surface area contributed by atoms with Crippen molar-refractivity contribution in [3.8, 4) is 23.0 Å². The Kier molecular flexibility index (Phi) is 8.78. The van der Waals surface area contributed by atoms with E-state index in [4.69, 9.17) is 9.15 Å². The van der Waals surface area contributed by atoms with Crippen LogP contribution in [-0.4, -0.2) is 39.6 Å². The van der Waals surface area contributed by atoms with Crippen LogP contribution in [0.2, 0.25) is 0 Å². The molecule has 3 aromatic carbocycles. The topological polar surface area (TPSA) is 122 Å². The lowest BCUT2D eigenvalue weighted by atomic mass is 10.0. The number of phenolic OH excluding ortho intramolecular Hbond substituents is 1. The van der Waals surface area contributed by atoms with Crippen LogP contribution in [0.1, 0.15) is 34.3 Å². The molecule has 0 saturated carbocycles. The molecule has 4 rings (SSSR count). The summed E-state index contributed by atoms with van der Waals surface area (Å²) >= 11 is 0. The number of phenols is 1. The second-order valence-electron chi connectivity index (χ2n) is 9.08. The number of hydrogen-bond acceptors (Lipinski definition) is 7. The molecule has 4 aromatic rings. The van der Waals surface area contributed by atoms with Gasteiger partial charge in [-0.15, -0.1) is 0 Å². The first-order valence-corrected chi connectivity index (χ1v) is 12.5. The average Bonchev–Trinajstić information content (AvgIpc) is 3.30. The molecule has 0 saturated heterocycles. The summed E-state index contributed by atoms with van der Waals surface area (Å²) in [6.07, 6.45) is 2.06. The smallest absolute Gasteiger partial charge is 0.326 e. The highest BCUT2D eigenvalue weighted by Crippen LogP contribution is 2.22. The number of carboxylic acid groups (broad SMARTS) is 1. The van der Waals surface area contributed by atoms with Gasteiger partial charge in [0, 0.05) is 30.2 Å². The number of aromatic hydroxyl groups is 1. The number of allylic oxidation sites excluding steroid dienone is 2. The third-order valence-corrected chi connectivity index (χ3v) is 6.10. The van der Waals surface area contributed by atoms with E-state index >= 15 is 0 Å². The van der Waals surface area contributed by atoms with Gasteiger partial charge in [0.1, 0.15) is 23.3 Å². The van der Waals surface area contributed by atoms with E-state index in [0.29, 0.717) is 30.4 Å². The maximum absolute atomic E-state index is 12.4. The summed E-state index contributed by atoms with van der Waals surface area (Å²) in [6, 6.07) is 22.2. The van der Waals surface area contributed by atoms with Crippen LogP contribution in [0.25, 0.3) is 11.5 Å². The molecule has 1 unspecified atom stereocenters. The molecule has 1 aromatic heterocycles. The number of rotatable bonds is 12. The summed E-state index contributed by atoms with van der Waals surface area (Å²) in [4.78, 5) is 28.9. The zero-order chi connectivity index (χ0) is 27.8. The minimum absolute atomic E-state index is 0.128. The molecule has 0 aliphatic heterocycles. The summed E-state index contributed by atoms with van der Waals surface area (Å²) in [7, 11) is 0. The Morgan fingerprint density at radius 3 is 2.41 bits per heavy atom. The SMILES string of the molecule is C/C(=C/C(=O)c1ccccc1O)NC(Cc1ccc(OCCc2nc(-c3ccccc3)oc2C)cc1)C(=O)O. The molecule has 0 amide bonds. The van der Waals surface area contributed by atoms with E-state index in [2.05, 4.69) is 10.3 Å². The number of benzene rings is 3. The molecule has 8 heteroatoms. The molecule has 200 valence electrons. The van der Waals surface area contributed by atoms with Crippen molar-refractivity contribution in [2.24, 2.45) is 0 Å². The number of aryl methyl sites for hydroxylation is 1. The van der Waals surface area contributed by atoms with Crippen molar-refractivity contribution >= 4 is 11.8 Å². The van der Waals surface area contributed by atoms with Crippen LogP contribution in [-0.2, 0) is 17.6 Å². The van der Waals surface area contributed by atoms with E-state index in [1.54, 1.807) is 31.2 Å². The van der Waals surface area contributed by atoms with E-state index < -0.39 is 17.8 Å². The Bertz CT molecular complexity index is 1460. The van der Waals surface area contributed by atoms with Crippen molar-refractivity contribution in [2.75, 3.05) is 6.61 Å². The number of ether oxygens (including phenoxy) is 1. The summed E-state index contributed by atoms with van der Waals surface area (Å²) in [5, 5.41) is 22.5. The number of aromatic nitrogens is 1. The minimum atomic E-state index is -1.05. The average molecular weight is 527 g/mol. The number of aliphatic carboxylic acids is 1. The van der Waals surface area contributed by atoms with E-state index in [0.717, 1.165) is 22.6 Å². The first-order chi connectivity index (χ1) is 18.8. The third-order valence-electron chi connectivity index (χ3n) is 6.10. The van der Waals surface area contributed by atoms with Crippen LogP contribution in [0, 0.1) is 6.92 Å². The molecule has 3 N–H and O–H groups in total. The largest absolute Gasteiger partial charge is 0.507 e. The lowest BCUT2D eigenvalue weighted by Gasteiger charge is -2.16. The minimum Gasteiger partial charge on any atom is -0.507 e. The number of carbonyl (C=O) groups excluding carboxylic acids is 1. The number of hydrogen-bond donors (Lipinski definition) is 3. The van der Waals surface area contributed by atoms with Crippen molar-refractivity contribution < 1.29 is 29.0 Å². The fourth-order valence-corrected chi connectivity index (χ4v) is 4.06. The highest BCUT2D eigenvalue weighted by Gasteiger charge is 2.19. The number of ketones is 1. The second kappa shape index (κ2) is 12.6. The van der Waals surface area contributed by atoms with Crippen LogP contribution in [0.15, 0.2) is 95.1 Å². The molecule has 39 heavy (non-hydrogen) atoms. The van der Waals surface area contributed by atoms with Gasteiger partial charge >= 0.3 is 5.97 Å². The lowest BCUT2D eigenvalue weighted by Crippen LogP contribution is -2.37. The van der Waals surface area contributed by atoms with E-state index in [-0.39, 0.29) is 17.7 Å². The fourth-order valence-electron chi connectivity index (χ4n) is 4.06. The van der Waals surface area contributed by atoms with Gasteiger partial charge in [0.05, 0.1) is 17.9 Å². The number of oxazole rings is 1. The summed E-state index contributed by atoms with van der Waals surface area (Å²) < 4.78 is 11.7. The monoisotopic (exact) mass is 526 g/mol. The van der Waals surface area contributed by atoms with Crippen LogP contribution in [0.5, 0.6) is 11.5 Å². The van der Waals surface area contributed by atoms with Gasteiger partial charge in [-0.25, -0.2) is 9.78 Å². The number of nitrogens with zero attached hydrogens (tertiary/aromatic N) is 1. The van der Waals surface area contributed by atoms with Crippen molar-refractivity contribution in [1.29, 1.82) is 0 Å². The molecule has 0 spiro atoms. The molecule has 1 atom stereocenters. The van der Waals surface area contributed by atoms with Crippen LogP contribution < -0.4 is 10.1 Å². The number of nitrogens with one attached hydrogen (secondary N) is 1. The maximum atomic E-state index is 12.4. The van der Waals surface area contributed by atoms with E-state index in [1.807, 2.05) is 49.4 Å². The van der Waals surface area contributed by atoms with Gasteiger partial charge in [0.25, 0.3) is 0 Å². The first-order valence-electron chi connectivity index (χ1n) is 12.5. The summed E-state index contributed by atoms with van der Waals surface area (Å²) in [6.45, 7) is 3.91. The Balaban J connectivity index is 1.31. The Morgan fingerprint density at radius 1 is 1.03 bits per heavy atom. The Hall–Kier alpha value is -4.85. The van der Waals surface area contributed by atoms with Gasteiger partial charge in [-0.1, -0.05) is 42.5 Å². The Morgan fingerprint density at radius 2 is 1.72 bits per heavy atom. The molecular formula is C31H30N2O6. The maximum Gasteiger partial charge on any atom is 0.326 e. The molecule has 1 heterocycles. The van der Waals surface area contributed by atoms with Gasteiger partial charge in [0.15, 0.2) is 5.78 Å². The van der Waals surface area contributed by atoms with Crippen LogP contribution >= 0.6 is 0 Å². The number of carboxylic acids is 1. The van der Waals surface area contributed by atoms with Gasteiger partial charge < -0.3 is 24.7 Å².